The topological polar surface area (TPSA) is 49.4 Å². The number of fused-ring (bicyclic) bond motifs is 1. The van der Waals surface area contributed by atoms with Gasteiger partial charge in [0.15, 0.2) is 0 Å². The number of amides is 2. The van der Waals surface area contributed by atoms with Gasteiger partial charge in [0, 0.05) is 18.7 Å². The molecule has 0 atom stereocenters. The van der Waals surface area contributed by atoms with E-state index in [9.17, 15) is 9.59 Å². The lowest BCUT2D eigenvalue weighted by Crippen LogP contribution is -2.39. The van der Waals surface area contributed by atoms with Crippen molar-refractivity contribution in [1.29, 1.82) is 0 Å². The molecule has 0 spiro atoms. The highest BCUT2D eigenvalue weighted by molar-refractivity contribution is 5.98. The van der Waals surface area contributed by atoms with E-state index in [-0.39, 0.29) is 18.4 Å². The third-order valence-electron chi connectivity index (χ3n) is 3.10. The molecular weight excluding hydrogens is 228 g/mol. The summed E-state index contributed by atoms with van der Waals surface area (Å²) >= 11 is 0. The van der Waals surface area contributed by atoms with Crippen molar-refractivity contribution in [3.8, 4) is 0 Å². The van der Waals surface area contributed by atoms with Crippen LogP contribution in [0, 0.1) is 0 Å². The van der Waals surface area contributed by atoms with Crippen molar-refractivity contribution in [3.05, 3.63) is 29.8 Å². The first-order valence-corrected chi connectivity index (χ1v) is 6.37. The Bertz CT molecular complexity index is 457. The van der Waals surface area contributed by atoms with Crippen LogP contribution in [0.25, 0.3) is 0 Å². The maximum absolute atomic E-state index is 12.0. The van der Waals surface area contributed by atoms with Crippen molar-refractivity contribution in [2.45, 2.75) is 26.2 Å². The highest BCUT2D eigenvalue weighted by Gasteiger charge is 2.23. The second-order valence-electron chi connectivity index (χ2n) is 4.45. The van der Waals surface area contributed by atoms with Crippen LogP contribution in [0.4, 0.5) is 5.69 Å². The molecule has 18 heavy (non-hydrogen) atoms. The monoisotopic (exact) mass is 246 g/mol. The molecule has 0 saturated heterocycles. The van der Waals surface area contributed by atoms with Crippen LogP contribution < -0.4 is 10.2 Å². The predicted molar refractivity (Wildman–Crippen MR) is 70.4 cm³/mol. The first-order valence-electron chi connectivity index (χ1n) is 6.37. The number of carbonyl (C=O) groups excluding carboxylic acids is 2. The average molecular weight is 246 g/mol. The zero-order valence-corrected chi connectivity index (χ0v) is 10.6. The summed E-state index contributed by atoms with van der Waals surface area (Å²) < 4.78 is 0. The molecular formula is C14H18N2O2. The summed E-state index contributed by atoms with van der Waals surface area (Å²) in [6.45, 7) is 2.74. The third-order valence-corrected chi connectivity index (χ3v) is 3.10. The molecule has 0 aromatic heterocycles. The molecule has 1 aliphatic rings. The lowest BCUT2D eigenvalue weighted by molar-refractivity contribution is -0.125. The molecule has 96 valence electrons. The number of carbonyl (C=O) groups is 2. The summed E-state index contributed by atoms with van der Waals surface area (Å²) in [6.07, 6.45) is 2.17. The number of rotatable bonds is 4. The van der Waals surface area contributed by atoms with E-state index in [1.165, 1.54) is 5.56 Å². The normalized spacial score (nSPS) is 13.3. The number of anilines is 1. The predicted octanol–water partition coefficient (Wildman–Crippen LogP) is 1.49. The van der Waals surface area contributed by atoms with Crippen molar-refractivity contribution >= 4 is 17.5 Å². The van der Waals surface area contributed by atoms with Crippen LogP contribution in [0.15, 0.2) is 24.3 Å². The highest BCUT2D eigenvalue weighted by Crippen LogP contribution is 2.27. The Morgan fingerprint density at radius 2 is 2.11 bits per heavy atom. The van der Waals surface area contributed by atoms with Gasteiger partial charge < -0.3 is 10.2 Å². The molecule has 4 nitrogen and oxygen atoms in total. The van der Waals surface area contributed by atoms with E-state index < -0.39 is 0 Å². The molecule has 1 heterocycles. The average Bonchev–Trinajstić information content (AvgIpc) is 2.80. The van der Waals surface area contributed by atoms with E-state index in [2.05, 4.69) is 5.32 Å². The summed E-state index contributed by atoms with van der Waals surface area (Å²) in [4.78, 5) is 25.1. The van der Waals surface area contributed by atoms with Crippen LogP contribution >= 0.6 is 0 Å². The molecule has 2 rings (SSSR count). The van der Waals surface area contributed by atoms with Gasteiger partial charge in [0.05, 0.1) is 6.54 Å². The second-order valence-corrected chi connectivity index (χ2v) is 4.45. The molecule has 0 saturated carbocycles. The van der Waals surface area contributed by atoms with Gasteiger partial charge in [-0.1, -0.05) is 25.1 Å². The minimum Gasteiger partial charge on any atom is -0.347 e. The lowest BCUT2D eigenvalue weighted by Gasteiger charge is -2.17. The Morgan fingerprint density at radius 1 is 1.33 bits per heavy atom. The quantitative estimate of drug-likeness (QED) is 0.875. The Balaban J connectivity index is 1.93. The standard InChI is InChI=1S/C14H18N2O2/c1-2-5-13(17)15-10-14(18)16-9-8-11-6-3-4-7-12(11)16/h3-4,6-7H,2,5,8-10H2,1H3,(H,15,17). The van der Waals surface area contributed by atoms with Crippen LogP contribution in [0.5, 0.6) is 0 Å². The molecule has 4 heteroatoms. The van der Waals surface area contributed by atoms with E-state index in [0.717, 1.165) is 18.5 Å². The van der Waals surface area contributed by atoms with Crippen LogP contribution in [-0.4, -0.2) is 24.9 Å². The molecule has 2 amide bonds. The number of para-hydroxylation sites is 1. The van der Waals surface area contributed by atoms with Crippen molar-refractivity contribution < 1.29 is 9.59 Å². The molecule has 0 radical (unpaired) electrons. The number of nitrogens with one attached hydrogen (secondary N) is 1. The maximum atomic E-state index is 12.0. The van der Waals surface area contributed by atoms with Crippen molar-refractivity contribution in [2.24, 2.45) is 0 Å². The summed E-state index contributed by atoms with van der Waals surface area (Å²) in [5, 5.41) is 2.66. The summed E-state index contributed by atoms with van der Waals surface area (Å²) in [7, 11) is 0. The van der Waals surface area contributed by atoms with Gasteiger partial charge in [-0.15, -0.1) is 0 Å². The van der Waals surface area contributed by atoms with Gasteiger partial charge >= 0.3 is 0 Å². The van der Waals surface area contributed by atoms with Crippen LogP contribution in [-0.2, 0) is 16.0 Å². The van der Waals surface area contributed by atoms with Crippen LogP contribution in [0.3, 0.4) is 0 Å². The molecule has 0 fully saturated rings. The Kier molecular flexibility index (Phi) is 3.97. The summed E-state index contributed by atoms with van der Waals surface area (Å²) in [6, 6.07) is 7.91. The zero-order valence-electron chi connectivity index (χ0n) is 10.6. The second kappa shape index (κ2) is 5.67. The van der Waals surface area contributed by atoms with E-state index >= 15 is 0 Å². The van der Waals surface area contributed by atoms with Crippen molar-refractivity contribution in [3.63, 3.8) is 0 Å². The lowest BCUT2D eigenvalue weighted by atomic mass is 10.2. The van der Waals surface area contributed by atoms with Gasteiger partial charge in [-0.3, -0.25) is 9.59 Å². The molecule has 0 unspecified atom stereocenters. The van der Waals surface area contributed by atoms with Gasteiger partial charge in [-0.2, -0.15) is 0 Å². The van der Waals surface area contributed by atoms with Crippen LogP contribution in [0.2, 0.25) is 0 Å². The van der Waals surface area contributed by atoms with Crippen molar-refractivity contribution in [1.82, 2.24) is 5.32 Å². The molecule has 0 bridgehead atoms. The minimum absolute atomic E-state index is 0.0376. The Morgan fingerprint density at radius 3 is 2.89 bits per heavy atom. The van der Waals surface area contributed by atoms with Gasteiger partial charge in [0.2, 0.25) is 11.8 Å². The van der Waals surface area contributed by atoms with Crippen LogP contribution in [0.1, 0.15) is 25.3 Å². The Labute approximate surface area is 107 Å². The van der Waals surface area contributed by atoms with Crippen molar-refractivity contribution in [2.75, 3.05) is 18.0 Å². The van der Waals surface area contributed by atoms with Gasteiger partial charge in [0.25, 0.3) is 0 Å². The number of hydrogen-bond acceptors (Lipinski definition) is 2. The van der Waals surface area contributed by atoms with E-state index in [4.69, 9.17) is 0 Å². The van der Waals surface area contributed by atoms with Gasteiger partial charge in [0.1, 0.15) is 0 Å². The fourth-order valence-corrected chi connectivity index (χ4v) is 2.18. The van der Waals surface area contributed by atoms with E-state index in [1.807, 2.05) is 31.2 Å². The SMILES string of the molecule is CCCC(=O)NCC(=O)N1CCc2ccccc21. The fraction of sp³-hybridized carbons (Fsp3) is 0.429. The first kappa shape index (κ1) is 12.6. The maximum Gasteiger partial charge on any atom is 0.246 e. The molecule has 1 aromatic rings. The van der Waals surface area contributed by atoms with Gasteiger partial charge in [-0.05, 0) is 24.5 Å². The first-order chi connectivity index (χ1) is 8.72. The highest BCUT2D eigenvalue weighted by atomic mass is 16.2. The number of benzene rings is 1. The minimum atomic E-state index is -0.0571. The third kappa shape index (κ3) is 2.70. The number of nitrogens with zero attached hydrogens (tertiary/aromatic N) is 1. The Hall–Kier alpha value is -1.84. The zero-order chi connectivity index (χ0) is 13.0. The molecule has 1 aromatic carbocycles. The largest absolute Gasteiger partial charge is 0.347 e. The summed E-state index contributed by atoms with van der Waals surface area (Å²) in [5.74, 6) is -0.0947. The van der Waals surface area contributed by atoms with Gasteiger partial charge in [-0.25, -0.2) is 0 Å². The molecule has 1 N–H and O–H groups in total. The van der Waals surface area contributed by atoms with E-state index in [0.29, 0.717) is 13.0 Å². The fourth-order valence-electron chi connectivity index (χ4n) is 2.18. The molecule has 0 aliphatic carbocycles. The smallest absolute Gasteiger partial charge is 0.246 e. The van der Waals surface area contributed by atoms with E-state index in [1.54, 1.807) is 4.90 Å². The summed E-state index contributed by atoms with van der Waals surface area (Å²) in [5.41, 5.74) is 2.18. The molecule has 1 aliphatic heterocycles. The number of hydrogen-bond donors (Lipinski definition) is 1.